The van der Waals surface area contributed by atoms with E-state index in [0.717, 1.165) is 10.6 Å². The number of thiophene rings is 1. The molecule has 1 aromatic carbocycles. The van der Waals surface area contributed by atoms with Crippen LogP contribution in [0.3, 0.4) is 0 Å². The predicted octanol–water partition coefficient (Wildman–Crippen LogP) is 3.22. The summed E-state index contributed by atoms with van der Waals surface area (Å²) in [5, 5.41) is 1.96. The first-order chi connectivity index (χ1) is 12.6. The Hall–Kier alpha value is -2.29. The van der Waals surface area contributed by atoms with Crippen molar-refractivity contribution in [3.8, 4) is 11.5 Å². The third-order valence-corrected chi connectivity index (χ3v) is 6.48. The van der Waals surface area contributed by atoms with Gasteiger partial charge in [0.1, 0.15) is 19.0 Å². The standard InChI is InChI=1S/C18H17NO5S2/c20-26(21,13-5-6-16-17(11-13)24-9-8-23-16)19-12-14(15-3-1-7-22-15)18-4-2-10-25-18/h1-7,10-11,14,19H,8-9,12H2. The van der Waals surface area contributed by atoms with Crippen molar-refractivity contribution in [2.75, 3.05) is 19.8 Å². The Bertz CT molecular complexity index is 931. The van der Waals surface area contributed by atoms with E-state index in [-0.39, 0.29) is 17.4 Å². The number of hydrogen-bond donors (Lipinski definition) is 1. The van der Waals surface area contributed by atoms with Crippen LogP contribution in [0.15, 0.2) is 63.4 Å². The van der Waals surface area contributed by atoms with Crippen molar-refractivity contribution >= 4 is 21.4 Å². The normalized spacial score (nSPS) is 14.9. The van der Waals surface area contributed by atoms with E-state index in [1.54, 1.807) is 29.7 Å². The van der Waals surface area contributed by atoms with Crippen LogP contribution < -0.4 is 14.2 Å². The van der Waals surface area contributed by atoms with Gasteiger partial charge in [-0.05, 0) is 35.7 Å². The zero-order chi connectivity index (χ0) is 18.0. The summed E-state index contributed by atoms with van der Waals surface area (Å²) >= 11 is 1.56. The molecule has 1 aliphatic heterocycles. The summed E-state index contributed by atoms with van der Waals surface area (Å²) in [7, 11) is -3.69. The van der Waals surface area contributed by atoms with Crippen molar-refractivity contribution in [2.45, 2.75) is 10.8 Å². The number of furan rings is 1. The SMILES string of the molecule is O=S(=O)(NCC(c1ccco1)c1cccs1)c1ccc2c(c1)OCCO2. The highest BCUT2D eigenvalue weighted by atomic mass is 32.2. The van der Waals surface area contributed by atoms with Crippen molar-refractivity contribution in [3.05, 3.63) is 64.7 Å². The molecule has 0 aliphatic carbocycles. The molecule has 1 unspecified atom stereocenters. The molecular formula is C18H17NO5S2. The molecule has 0 radical (unpaired) electrons. The Balaban J connectivity index is 1.55. The first-order valence-corrected chi connectivity index (χ1v) is 10.5. The zero-order valence-electron chi connectivity index (χ0n) is 13.8. The van der Waals surface area contributed by atoms with E-state index in [0.29, 0.717) is 24.7 Å². The molecule has 0 amide bonds. The maximum Gasteiger partial charge on any atom is 0.240 e. The lowest BCUT2D eigenvalue weighted by atomic mass is 10.1. The van der Waals surface area contributed by atoms with Crippen molar-refractivity contribution < 1.29 is 22.3 Å². The van der Waals surface area contributed by atoms with Gasteiger partial charge in [-0.2, -0.15) is 0 Å². The topological polar surface area (TPSA) is 77.8 Å². The molecule has 6 nitrogen and oxygen atoms in total. The summed E-state index contributed by atoms with van der Waals surface area (Å²) in [4.78, 5) is 1.18. The van der Waals surface area contributed by atoms with Crippen LogP contribution in [0.25, 0.3) is 0 Å². The van der Waals surface area contributed by atoms with Crippen LogP contribution in [0.5, 0.6) is 11.5 Å². The minimum absolute atomic E-state index is 0.145. The molecular weight excluding hydrogens is 374 g/mol. The maximum atomic E-state index is 12.7. The number of sulfonamides is 1. The van der Waals surface area contributed by atoms with Crippen molar-refractivity contribution in [2.24, 2.45) is 0 Å². The number of fused-ring (bicyclic) bond motifs is 1. The molecule has 0 spiro atoms. The van der Waals surface area contributed by atoms with Crippen LogP contribution in [0.1, 0.15) is 16.6 Å². The van der Waals surface area contributed by atoms with E-state index >= 15 is 0 Å². The van der Waals surface area contributed by atoms with E-state index in [2.05, 4.69) is 4.72 Å². The van der Waals surface area contributed by atoms with Crippen LogP contribution in [0.2, 0.25) is 0 Å². The Labute approximate surface area is 155 Å². The van der Waals surface area contributed by atoms with Gasteiger partial charge in [-0.25, -0.2) is 13.1 Å². The maximum absolute atomic E-state index is 12.7. The number of ether oxygens (including phenoxy) is 2. The molecule has 1 aliphatic rings. The van der Waals surface area contributed by atoms with Gasteiger partial charge >= 0.3 is 0 Å². The van der Waals surface area contributed by atoms with Crippen molar-refractivity contribution in [1.29, 1.82) is 0 Å². The quantitative estimate of drug-likeness (QED) is 0.698. The fraction of sp³-hybridized carbons (Fsp3) is 0.222. The molecule has 1 atom stereocenters. The van der Waals surface area contributed by atoms with Crippen LogP contribution in [-0.4, -0.2) is 28.2 Å². The highest BCUT2D eigenvalue weighted by molar-refractivity contribution is 7.89. The fourth-order valence-electron chi connectivity index (χ4n) is 2.79. The van der Waals surface area contributed by atoms with E-state index in [4.69, 9.17) is 13.9 Å². The monoisotopic (exact) mass is 391 g/mol. The van der Waals surface area contributed by atoms with Gasteiger partial charge in [-0.1, -0.05) is 6.07 Å². The second-order valence-electron chi connectivity index (χ2n) is 5.74. The van der Waals surface area contributed by atoms with E-state index < -0.39 is 10.0 Å². The molecule has 0 fully saturated rings. The molecule has 1 N–H and O–H groups in total. The van der Waals surface area contributed by atoms with E-state index in [9.17, 15) is 8.42 Å². The number of hydrogen-bond acceptors (Lipinski definition) is 6. The summed E-state index contributed by atoms with van der Waals surface area (Å²) in [6, 6.07) is 12.2. The van der Waals surface area contributed by atoms with Gasteiger partial charge in [0, 0.05) is 17.5 Å². The van der Waals surface area contributed by atoms with Gasteiger partial charge in [0.05, 0.1) is 17.1 Å². The second-order valence-corrected chi connectivity index (χ2v) is 8.49. The summed E-state index contributed by atoms with van der Waals surface area (Å²) in [5.74, 6) is 1.54. The molecule has 0 saturated carbocycles. The minimum atomic E-state index is -3.69. The van der Waals surface area contributed by atoms with Crippen LogP contribution in [0.4, 0.5) is 0 Å². The lowest BCUT2D eigenvalue weighted by Gasteiger charge is -2.19. The Kier molecular flexibility index (Phi) is 4.71. The lowest BCUT2D eigenvalue weighted by molar-refractivity contribution is 0.171. The van der Waals surface area contributed by atoms with Gasteiger partial charge in [-0.3, -0.25) is 0 Å². The average molecular weight is 391 g/mol. The molecule has 0 saturated heterocycles. The molecule has 4 rings (SSSR count). The van der Waals surface area contributed by atoms with E-state index in [1.165, 1.54) is 12.1 Å². The highest BCUT2D eigenvalue weighted by Crippen LogP contribution is 2.33. The molecule has 136 valence electrons. The van der Waals surface area contributed by atoms with Gasteiger partial charge < -0.3 is 13.9 Å². The Morgan fingerprint density at radius 1 is 1.08 bits per heavy atom. The number of benzene rings is 1. The van der Waals surface area contributed by atoms with Crippen LogP contribution >= 0.6 is 11.3 Å². The molecule has 0 bridgehead atoms. The molecule has 8 heteroatoms. The predicted molar refractivity (Wildman–Crippen MR) is 97.5 cm³/mol. The minimum Gasteiger partial charge on any atom is -0.486 e. The third kappa shape index (κ3) is 3.48. The molecule has 3 aromatic rings. The van der Waals surface area contributed by atoms with Crippen molar-refractivity contribution in [3.63, 3.8) is 0 Å². The van der Waals surface area contributed by atoms with Crippen LogP contribution in [0, 0.1) is 0 Å². The Morgan fingerprint density at radius 3 is 2.65 bits per heavy atom. The first kappa shape index (κ1) is 17.1. The van der Waals surface area contributed by atoms with Gasteiger partial charge in [0.2, 0.25) is 10.0 Å². The summed E-state index contributed by atoms with van der Waals surface area (Å²) < 4.78 is 44.5. The molecule has 3 heterocycles. The largest absolute Gasteiger partial charge is 0.486 e. The van der Waals surface area contributed by atoms with Gasteiger partial charge in [0.25, 0.3) is 0 Å². The smallest absolute Gasteiger partial charge is 0.240 e. The molecule has 26 heavy (non-hydrogen) atoms. The zero-order valence-corrected chi connectivity index (χ0v) is 15.4. The average Bonchev–Trinajstić information content (AvgIpc) is 3.36. The summed E-state index contributed by atoms with van der Waals surface area (Å²) in [6.07, 6.45) is 1.59. The van der Waals surface area contributed by atoms with Gasteiger partial charge in [-0.15, -0.1) is 11.3 Å². The number of rotatable bonds is 6. The second kappa shape index (κ2) is 7.14. The van der Waals surface area contributed by atoms with E-state index in [1.807, 2.05) is 23.6 Å². The fourth-order valence-corrected chi connectivity index (χ4v) is 4.68. The number of nitrogens with one attached hydrogen (secondary N) is 1. The van der Waals surface area contributed by atoms with Gasteiger partial charge in [0.15, 0.2) is 11.5 Å². The summed E-state index contributed by atoms with van der Waals surface area (Å²) in [5.41, 5.74) is 0. The lowest BCUT2D eigenvalue weighted by Crippen LogP contribution is -2.29. The third-order valence-electron chi connectivity index (χ3n) is 4.07. The Morgan fingerprint density at radius 2 is 1.92 bits per heavy atom. The first-order valence-electron chi connectivity index (χ1n) is 8.09. The molecule has 2 aromatic heterocycles. The van der Waals surface area contributed by atoms with Crippen molar-refractivity contribution in [1.82, 2.24) is 4.72 Å². The highest BCUT2D eigenvalue weighted by Gasteiger charge is 2.23. The van der Waals surface area contributed by atoms with Crippen LogP contribution in [-0.2, 0) is 10.0 Å². The summed E-state index contributed by atoms with van der Waals surface area (Å²) in [6.45, 7) is 1.07.